The molecule has 2 aromatic rings. The van der Waals surface area contributed by atoms with Crippen molar-refractivity contribution in [3.63, 3.8) is 0 Å². The molecule has 0 aliphatic carbocycles. The van der Waals surface area contributed by atoms with E-state index in [9.17, 15) is 13.2 Å². The first-order valence-electron chi connectivity index (χ1n) is 5.22. The van der Waals surface area contributed by atoms with Gasteiger partial charge in [0.25, 0.3) is 0 Å². The molecular formula is C11H8Cl2F3N3O. The van der Waals surface area contributed by atoms with Crippen molar-refractivity contribution in [2.24, 2.45) is 7.05 Å². The Morgan fingerprint density at radius 2 is 1.85 bits per heavy atom. The van der Waals surface area contributed by atoms with E-state index >= 15 is 0 Å². The average molecular weight is 326 g/mol. The molecule has 20 heavy (non-hydrogen) atoms. The summed E-state index contributed by atoms with van der Waals surface area (Å²) in [5.41, 5.74) is 4.57. The minimum atomic E-state index is -4.64. The summed E-state index contributed by atoms with van der Waals surface area (Å²) in [7, 11) is 1.35. The van der Waals surface area contributed by atoms with Crippen molar-refractivity contribution in [3.8, 4) is 11.5 Å². The van der Waals surface area contributed by atoms with Crippen LogP contribution >= 0.6 is 23.2 Å². The Bertz CT molecular complexity index is 655. The summed E-state index contributed by atoms with van der Waals surface area (Å²) in [5, 5.41) is 3.26. The van der Waals surface area contributed by atoms with E-state index in [2.05, 4.69) is 5.10 Å². The fourth-order valence-corrected chi connectivity index (χ4v) is 1.85. The third kappa shape index (κ3) is 2.78. The fourth-order valence-electron chi connectivity index (χ4n) is 1.48. The van der Waals surface area contributed by atoms with E-state index in [4.69, 9.17) is 33.7 Å². The van der Waals surface area contributed by atoms with Gasteiger partial charge >= 0.3 is 6.18 Å². The third-order valence-electron chi connectivity index (χ3n) is 2.36. The molecule has 0 fully saturated rings. The second-order valence-electron chi connectivity index (χ2n) is 3.90. The summed E-state index contributed by atoms with van der Waals surface area (Å²) >= 11 is 11.7. The van der Waals surface area contributed by atoms with Crippen LogP contribution in [0.5, 0.6) is 11.5 Å². The number of nitrogens with two attached hydrogens (primary N) is 1. The second-order valence-corrected chi connectivity index (χ2v) is 4.65. The molecule has 1 aromatic carbocycles. The Balaban J connectivity index is 2.43. The van der Waals surface area contributed by atoms with Gasteiger partial charge in [0.15, 0.2) is 5.75 Å². The second kappa shape index (κ2) is 5.06. The van der Waals surface area contributed by atoms with E-state index in [0.29, 0.717) is 0 Å². The van der Waals surface area contributed by atoms with Gasteiger partial charge in [0.2, 0.25) is 5.69 Å². The van der Waals surface area contributed by atoms with Gasteiger partial charge in [-0.05, 0) is 12.1 Å². The molecule has 0 saturated carbocycles. The lowest BCUT2D eigenvalue weighted by atomic mass is 10.3. The van der Waals surface area contributed by atoms with Crippen molar-refractivity contribution in [3.05, 3.63) is 34.1 Å². The summed E-state index contributed by atoms with van der Waals surface area (Å²) in [5.74, 6) is -0.507. The molecule has 2 rings (SSSR count). The van der Waals surface area contributed by atoms with Crippen molar-refractivity contribution in [2.75, 3.05) is 5.73 Å². The number of ether oxygens (including phenoxy) is 1. The van der Waals surface area contributed by atoms with E-state index in [1.54, 1.807) is 0 Å². The maximum absolute atomic E-state index is 12.8. The molecule has 0 aliphatic rings. The maximum Gasteiger partial charge on any atom is 0.438 e. The SMILES string of the molecule is Cn1cc(Oc2ccc(N)c(Cl)c2Cl)c(C(F)(F)F)n1. The number of aromatic nitrogens is 2. The zero-order valence-corrected chi connectivity index (χ0v) is 11.5. The predicted molar refractivity (Wildman–Crippen MR) is 69.2 cm³/mol. The Morgan fingerprint density at radius 3 is 2.45 bits per heavy atom. The van der Waals surface area contributed by atoms with E-state index in [0.717, 1.165) is 10.9 Å². The number of anilines is 1. The number of hydrogen-bond acceptors (Lipinski definition) is 3. The van der Waals surface area contributed by atoms with Crippen molar-refractivity contribution in [1.82, 2.24) is 9.78 Å². The number of alkyl halides is 3. The van der Waals surface area contributed by atoms with Crippen LogP contribution in [0, 0.1) is 0 Å². The van der Waals surface area contributed by atoms with Gasteiger partial charge in [0.1, 0.15) is 10.8 Å². The molecule has 0 unspecified atom stereocenters. The van der Waals surface area contributed by atoms with Crippen LogP contribution in [-0.4, -0.2) is 9.78 Å². The fraction of sp³-hybridized carbons (Fsp3) is 0.182. The average Bonchev–Trinajstić information content (AvgIpc) is 2.71. The number of hydrogen-bond donors (Lipinski definition) is 1. The highest BCUT2D eigenvalue weighted by Gasteiger charge is 2.38. The Morgan fingerprint density at radius 1 is 1.20 bits per heavy atom. The van der Waals surface area contributed by atoms with Crippen LogP contribution in [0.2, 0.25) is 10.0 Å². The van der Waals surface area contributed by atoms with Crippen molar-refractivity contribution in [2.45, 2.75) is 6.18 Å². The van der Waals surface area contributed by atoms with Gasteiger partial charge in [-0.3, -0.25) is 4.68 Å². The van der Waals surface area contributed by atoms with Crippen LogP contribution in [0.3, 0.4) is 0 Å². The minimum Gasteiger partial charge on any atom is -0.452 e. The highest BCUT2D eigenvalue weighted by molar-refractivity contribution is 6.44. The molecule has 9 heteroatoms. The van der Waals surface area contributed by atoms with Crippen LogP contribution < -0.4 is 10.5 Å². The number of nitrogens with zero attached hydrogens (tertiary/aromatic N) is 2. The number of rotatable bonds is 2. The van der Waals surface area contributed by atoms with Gasteiger partial charge in [-0.2, -0.15) is 18.3 Å². The lowest BCUT2D eigenvalue weighted by Gasteiger charge is -2.10. The molecule has 0 amide bonds. The van der Waals surface area contributed by atoms with Gasteiger partial charge in [-0.1, -0.05) is 23.2 Å². The van der Waals surface area contributed by atoms with Gasteiger partial charge < -0.3 is 10.5 Å². The molecule has 1 heterocycles. The topological polar surface area (TPSA) is 53.1 Å². The summed E-state index contributed by atoms with van der Waals surface area (Å²) in [6.45, 7) is 0. The summed E-state index contributed by atoms with van der Waals surface area (Å²) in [4.78, 5) is 0. The van der Waals surface area contributed by atoms with Crippen molar-refractivity contribution < 1.29 is 17.9 Å². The molecule has 0 spiro atoms. The van der Waals surface area contributed by atoms with Gasteiger partial charge in [-0.15, -0.1) is 0 Å². The van der Waals surface area contributed by atoms with Crippen LogP contribution in [0.1, 0.15) is 5.69 Å². The van der Waals surface area contributed by atoms with Crippen molar-refractivity contribution >= 4 is 28.9 Å². The van der Waals surface area contributed by atoms with E-state index in [1.165, 1.54) is 19.2 Å². The van der Waals surface area contributed by atoms with Crippen molar-refractivity contribution in [1.29, 1.82) is 0 Å². The lowest BCUT2D eigenvalue weighted by molar-refractivity contribution is -0.142. The zero-order chi connectivity index (χ0) is 15.1. The molecule has 0 saturated heterocycles. The zero-order valence-electron chi connectivity index (χ0n) is 10.0. The molecule has 0 atom stereocenters. The Labute approximate surface area is 121 Å². The standard InChI is InChI=1S/C11H8Cl2F3N3O/c1-19-4-7(10(18-19)11(14,15)16)20-6-3-2-5(17)8(12)9(6)13/h2-4H,17H2,1H3. The summed E-state index contributed by atoms with van der Waals surface area (Å²) in [6.07, 6.45) is -3.55. The molecule has 4 nitrogen and oxygen atoms in total. The third-order valence-corrected chi connectivity index (χ3v) is 3.24. The molecule has 108 valence electrons. The lowest BCUT2D eigenvalue weighted by Crippen LogP contribution is -2.08. The van der Waals surface area contributed by atoms with E-state index in [-0.39, 0.29) is 21.5 Å². The number of aryl methyl sites for hydroxylation is 1. The molecule has 0 aliphatic heterocycles. The van der Waals surface area contributed by atoms with Gasteiger partial charge in [0, 0.05) is 7.05 Å². The first kappa shape index (κ1) is 14.8. The predicted octanol–water partition coefficient (Wildman–Crippen LogP) is 4.12. The summed E-state index contributed by atoms with van der Waals surface area (Å²) < 4.78 is 44.5. The van der Waals surface area contributed by atoms with Gasteiger partial charge in [0.05, 0.1) is 16.9 Å². The normalized spacial score (nSPS) is 11.7. The maximum atomic E-state index is 12.8. The molecule has 2 N–H and O–H groups in total. The molecule has 1 aromatic heterocycles. The highest BCUT2D eigenvalue weighted by atomic mass is 35.5. The molecule has 0 radical (unpaired) electrons. The van der Waals surface area contributed by atoms with Crippen LogP contribution in [-0.2, 0) is 13.2 Å². The quantitative estimate of drug-likeness (QED) is 0.845. The summed E-state index contributed by atoms with van der Waals surface area (Å²) in [6, 6.07) is 2.71. The van der Waals surface area contributed by atoms with Crippen LogP contribution in [0.4, 0.5) is 18.9 Å². The number of nitrogen functional groups attached to an aromatic ring is 1. The van der Waals surface area contributed by atoms with E-state index in [1.807, 2.05) is 0 Å². The van der Waals surface area contributed by atoms with Gasteiger partial charge in [-0.25, -0.2) is 0 Å². The Hall–Kier alpha value is -1.60. The molecular weight excluding hydrogens is 318 g/mol. The minimum absolute atomic E-state index is 0.0154. The molecule has 0 bridgehead atoms. The van der Waals surface area contributed by atoms with Crippen LogP contribution in [0.25, 0.3) is 0 Å². The largest absolute Gasteiger partial charge is 0.452 e. The number of halogens is 5. The first-order valence-corrected chi connectivity index (χ1v) is 5.98. The Kier molecular flexibility index (Phi) is 3.75. The monoisotopic (exact) mass is 325 g/mol. The number of benzene rings is 1. The first-order chi connectivity index (χ1) is 9.20. The smallest absolute Gasteiger partial charge is 0.438 e. The van der Waals surface area contributed by atoms with Crippen LogP contribution in [0.15, 0.2) is 18.3 Å². The highest BCUT2D eigenvalue weighted by Crippen LogP contribution is 2.41. The van der Waals surface area contributed by atoms with E-state index < -0.39 is 17.6 Å².